The quantitative estimate of drug-likeness (QED) is 0.305. The lowest BCUT2D eigenvalue weighted by Gasteiger charge is -2.40. The number of nitrogens with zero attached hydrogens (tertiary/aromatic N) is 4. The highest BCUT2D eigenvalue weighted by Crippen LogP contribution is 2.62. The summed E-state index contributed by atoms with van der Waals surface area (Å²) in [4.78, 5) is 33.5. The number of carbonyl (C=O) groups is 2. The fourth-order valence-corrected chi connectivity index (χ4v) is 10.3. The molecule has 5 aliphatic rings. The minimum Gasteiger partial charge on any atom is -0.379 e. The van der Waals surface area contributed by atoms with Gasteiger partial charge in [-0.25, -0.2) is 0 Å². The summed E-state index contributed by atoms with van der Waals surface area (Å²) in [5, 5.41) is 12.0. The zero-order valence-corrected chi connectivity index (χ0v) is 24.1. The van der Waals surface area contributed by atoms with Crippen molar-refractivity contribution in [3.05, 3.63) is 24.3 Å². The van der Waals surface area contributed by atoms with E-state index in [4.69, 9.17) is 4.37 Å². The van der Waals surface area contributed by atoms with Crippen molar-refractivity contribution in [2.45, 2.75) is 42.1 Å². The largest absolute Gasteiger partial charge is 0.379 e. The van der Waals surface area contributed by atoms with Gasteiger partial charge in [0.25, 0.3) is 0 Å². The molecule has 2 aromatic rings. The zero-order valence-electron chi connectivity index (χ0n) is 21.1. The van der Waals surface area contributed by atoms with E-state index in [2.05, 4.69) is 56.7 Å². The van der Waals surface area contributed by atoms with Crippen molar-refractivity contribution >= 4 is 61.8 Å². The van der Waals surface area contributed by atoms with Crippen LogP contribution in [0.2, 0.25) is 0 Å². The molecule has 0 spiro atoms. The first-order valence-corrected chi connectivity index (χ1v) is 15.8. The van der Waals surface area contributed by atoms with Gasteiger partial charge in [0, 0.05) is 50.6 Å². The average molecular weight is 635 g/mol. The summed E-state index contributed by atoms with van der Waals surface area (Å²) in [5.41, 5.74) is 0. The fraction of sp³-hybridized carbons (Fsp3) is 0.679. The molecule has 2 unspecified atom stereocenters. The van der Waals surface area contributed by atoms with Gasteiger partial charge in [-0.2, -0.15) is 4.37 Å². The number of fused-ring (bicyclic) bond motifs is 6. The maximum absolute atomic E-state index is 13.5. The third-order valence-electron chi connectivity index (χ3n) is 10.1. The molecule has 37 heavy (non-hydrogen) atoms. The smallest absolute Gasteiger partial charge is 0.233 e. The Bertz CT molecular complexity index is 1210. The molecule has 2 aliphatic heterocycles. The maximum Gasteiger partial charge on any atom is 0.233 e. The number of imide groups is 1. The van der Waals surface area contributed by atoms with E-state index in [9.17, 15) is 14.7 Å². The SMILES string of the molecule is O=C1[C@@H]2[C@@H]3C[C@H]([C@@H]2C(=O)N1CC1CCCCC1CN1CCN(c2nsc4ccccc24)CC1)[C@@](O)(I)C3. The Hall–Kier alpha value is -1.30. The first kappa shape index (κ1) is 24.7. The minimum atomic E-state index is -0.824. The van der Waals surface area contributed by atoms with Crippen LogP contribution in [0.3, 0.4) is 0 Å². The number of aliphatic hydroxyl groups is 1. The summed E-state index contributed by atoms with van der Waals surface area (Å²) in [6.07, 6.45) is 6.20. The number of piperazine rings is 1. The predicted octanol–water partition coefficient (Wildman–Crippen LogP) is 3.99. The normalized spacial score (nSPS) is 38.2. The van der Waals surface area contributed by atoms with Crippen molar-refractivity contribution in [2.24, 2.45) is 35.5 Å². The Morgan fingerprint density at radius 3 is 2.49 bits per heavy atom. The Kier molecular flexibility index (Phi) is 6.29. The van der Waals surface area contributed by atoms with Gasteiger partial charge in [-0.3, -0.25) is 19.4 Å². The van der Waals surface area contributed by atoms with Crippen molar-refractivity contribution in [2.75, 3.05) is 44.2 Å². The Morgan fingerprint density at radius 1 is 1.00 bits per heavy atom. The molecule has 1 aromatic carbocycles. The van der Waals surface area contributed by atoms with Crippen molar-refractivity contribution in [1.82, 2.24) is 14.2 Å². The van der Waals surface area contributed by atoms with Gasteiger partial charge < -0.3 is 10.0 Å². The first-order chi connectivity index (χ1) is 17.9. The number of amides is 2. The topological polar surface area (TPSA) is 77.0 Å². The van der Waals surface area contributed by atoms with Gasteiger partial charge in [0.05, 0.1) is 16.5 Å². The molecule has 3 heterocycles. The fourth-order valence-electron chi connectivity index (χ4n) is 8.25. The van der Waals surface area contributed by atoms with Crippen LogP contribution in [0.15, 0.2) is 24.3 Å². The summed E-state index contributed by atoms with van der Waals surface area (Å²) in [7, 11) is 0. The van der Waals surface area contributed by atoms with Gasteiger partial charge >= 0.3 is 0 Å². The van der Waals surface area contributed by atoms with Gasteiger partial charge in [-0.05, 0) is 89.7 Å². The lowest BCUT2D eigenvalue weighted by molar-refractivity contribution is -0.142. The minimum absolute atomic E-state index is 0.00529. The third-order valence-corrected chi connectivity index (χ3v) is 12.2. The molecule has 7 atom stereocenters. The maximum atomic E-state index is 13.5. The molecule has 5 fully saturated rings. The average Bonchev–Trinajstić information content (AvgIpc) is 3.62. The van der Waals surface area contributed by atoms with Crippen molar-refractivity contribution in [3.8, 4) is 0 Å². The number of benzene rings is 1. The summed E-state index contributed by atoms with van der Waals surface area (Å²) in [6, 6.07) is 8.49. The molecule has 198 valence electrons. The number of hydrogen-bond donors (Lipinski definition) is 1. The number of hydrogen-bond acceptors (Lipinski definition) is 7. The molecule has 7 rings (SSSR count). The standard InChI is InChI=1S/C28H35IN4O3S/c29-28(36)14-19-13-21(28)24-23(19)26(34)33(27(24)35)16-18-6-2-1-5-17(18)15-31-9-11-32(12-10-31)25-20-7-3-4-8-22(20)37-30-25/h3-4,7-8,17-19,21,23-24,36H,1-2,5-6,9-16H2/t17?,18?,19-,21-,23-,24+,28-/m1/s1. The van der Waals surface area contributed by atoms with Crippen LogP contribution in [0.1, 0.15) is 38.5 Å². The van der Waals surface area contributed by atoms with Crippen LogP contribution >= 0.6 is 34.1 Å². The molecule has 2 amide bonds. The summed E-state index contributed by atoms with van der Waals surface area (Å²) < 4.78 is 5.18. The molecule has 9 heteroatoms. The van der Waals surface area contributed by atoms with E-state index in [1.807, 2.05) is 0 Å². The monoisotopic (exact) mass is 634 g/mol. The lowest BCUT2D eigenvalue weighted by atomic mass is 9.78. The Morgan fingerprint density at radius 2 is 1.70 bits per heavy atom. The number of anilines is 1. The second-order valence-corrected chi connectivity index (χ2v) is 14.7. The van der Waals surface area contributed by atoms with Crippen LogP contribution in [-0.4, -0.2) is 74.0 Å². The van der Waals surface area contributed by atoms with Gasteiger partial charge in [0.2, 0.25) is 11.8 Å². The van der Waals surface area contributed by atoms with E-state index in [0.717, 1.165) is 51.4 Å². The lowest BCUT2D eigenvalue weighted by Crippen LogP contribution is -2.49. The van der Waals surface area contributed by atoms with E-state index in [0.29, 0.717) is 24.8 Å². The number of aromatic nitrogens is 1. The van der Waals surface area contributed by atoms with E-state index in [1.165, 1.54) is 29.3 Å². The van der Waals surface area contributed by atoms with Gasteiger partial charge in [0.1, 0.15) is 9.43 Å². The van der Waals surface area contributed by atoms with E-state index < -0.39 is 3.61 Å². The van der Waals surface area contributed by atoms with Gasteiger partial charge in [0.15, 0.2) is 0 Å². The molecular formula is C28H35IN4O3S. The molecule has 1 N–H and O–H groups in total. The molecule has 7 nitrogen and oxygen atoms in total. The number of rotatable bonds is 5. The predicted molar refractivity (Wildman–Crippen MR) is 153 cm³/mol. The van der Waals surface area contributed by atoms with Crippen molar-refractivity contribution in [3.63, 3.8) is 0 Å². The van der Waals surface area contributed by atoms with Crippen LogP contribution in [0.4, 0.5) is 5.82 Å². The number of alkyl halides is 1. The van der Waals surface area contributed by atoms with Gasteiger partial charge in [-0.15, -0.1) is 0 Å². The molecule has 3 saturated carbocycles. The van der Waals surface area contributed by atoms with Crippen LogP contribution < -0.4 is 4.90 Å². The highest BCUT2D eigenvalue weighted by molar-refractivity contribution is 14.1. The second kappa shape index (κ2) is 9.41. The van der Waals surface area contributed by atoms with Crippen LogP contribution in [-0.2, 0) is 9.59 Å². The molecule has 3 aliphatic carbocycles. The summed E-state index contributed by atoms with van der Waals surface area (Å²) in [5.74, 6) is 1.75. The second-order valence-electron chi connectivity index (χ2n) is 12.1. The zero-order chi connectivity index (χ0) is 25.3. The molecule has 1 aromatic heterocycles. The first-order valence-electron chi connectivity index (χ1n) is 14.0. The Balaban J connectivity index is 0.991. The van der Waals surface area contributed by atoms with Gasteiger partial charge in [-0.1, -0.05) is 25.0 Å². The third kappa shape index (κ3) is 4.14. The van der Waals surface area contributed by atoms with E-state index >= 15 is 0 Å². The van der Waals surface area contributed by atoms with Crippen molar-refractivity contribution in [1.29, 1.82) is 0 Å². The van der Waals surface area contributed by atoms with E-state index in [1.54, 1.807) is 16.4 Å². The number of halogens is 1. The van der Waals surface area contributed by atoms with E-state index in [-0.39, 0.29) is 35.5 Å². The van der Waals surface area contributed by atoms with Crippen LogP contribution in [0.25, 0.3) is 10.1 Å². The summed E-state index contributed by atoms with van der Waals surface area (Å²) in [6.45, 7) is 5.66. The molecule has 2 bridgehead atoms. The molecule has 2 saturated heterocycles. The number of carbonyl (C=O) groups excluding carboxylic acids is 2. The highest BCUT2D eigenvalue weighted by atomic mass is 127. The highest BCUT2D eigenvalue weighted by Gasteiger charge is 2.67. The van der Waals surface area contributed by atoms with Crippen molar-refractivity contribution < 1.29 is 14.7 Å². The summed E-state index contributed by atoms with van der Waals surface area (Å²) >= 11 is 3.70. The Labute approximate surface area is 235 Å². The molecular weight excluding hydrogens is 599 g/mol. The number of likely N-dealkylation sites (tertiary alicyclic amines) is 1. The van der Waals surface area contributed by atoms with Crippen LogP contribution in [0.5, 0.6) is 0 Å². The van der Waals surface area contributed by atoms with Crippen LogP contribution in [0, 0.1) is 35.5 Å². The molecule has 0 radical (unpaired) electrons.